The molecule has 3 unspecified atom stereocenters. The molecule has 0 radical (unpaired) electrons. The third kappa shape index (κ3) is 5.23. The van der Waals surface area contributed by atoms with Crippen LogP contribution in [0, 0.1) is 5.92 Å². The second kappa shape index (κ2) is 9.07. The molecule has 1 aliphatic rings. The zero-order chi connectivity index (χ0) is 17.5. The van der Waals surface area contributed by atoms with Crippen molar-refractivity contribution in [1.29, 1.82) is 0 Å². The number of hydrogen-bond acceptors (Lipinski definition) is 3. The molecule has 1 aromatic carbocycles. The van der Waals surface area contributed by atoms with Crippen LogP contribution in [0.3, 0.4) is 0 Å². The van der Waals surface area contributed by atoms with Gasteiger partial charge in [-0.15, -0.1) is 0 Å². The first kappa shape index (κ1) is 18.8. The third-order valence-corrected chi connectivity index (χ3v) is 5.15. The number of carbonyl (C=O) groups excluding carboxylic acids is 1. The normalized spacial score (nSPS) is 22.2. The van der Waals surface area contributed by atoms with Crippen LogP contribution in [0.25, 0.3) is 0 Å². The zero-order valence-corrected chi connectivity index (χ0v) is 15.5. The van der Waals surface area contributed by atoms with Crippen LogP contribution in [-0.2, 0) is 11.3 Å². The lowest BCUT2D eigenvalue weighted by atomic mass is 9.86. The van der Waals surface area contributed by atoms with E-state index in [2.05, 4.69) is 29.3 Å². The highest BCUT2D eigenvalue weighted by atomic mass is 16.5. The highest BCUT2D eigenvalue weighted by Gasteiger charge is 2.26. The maximum absolute atomic E-state index is 12.6. The van der Waals surface area contributed by atoms with Crippen molar-refractivity contribution in [2.45, 2.75) is 65.1 Å². The minimum atomic E-state index is -0.134. The number of nitrogens with zero attached hydrogens (tertiary/aromatic N) is 1. The van der Waals surface area contributed by atoms with Crippen LogP contribution in [0.2, 0.25) is 0 Å². The summed E-state index contributed by atoms with van der Waals surface area (Å²) >= 11 is 0. The fourth-order valence-corrected chi connectivity index (χ4v) is 3.32. The summed E-state index contributed by atoms with van der Waals surface area (Å²) in [6.45, 7) is 7.64. The van der Waals surface area contributed by atoms with E-state index in [1.807, 2.05) is 33.0 Å². The summed E-state index contributed by atoms with van der Waals surface area (Å²) in [5, 5.41) is 3.26. The van der Waals surface area contributed by atoms with Gasteiger partial charge in [0.15, 0.2) is 0 Å². The number of likely N-dealkylation sites (N-methyl/N-ethyl adjacent to an activating group) is 1. The lowest BCUT2D eigenvalue weighted by Gasteiger charge is -2.32. The van der Waals surface area contributed by atoms with Gasteiger partial charge < -0.3 is 10.1 Å². The molecule has 0 aliphatic heterocycles. The number of rotatable bonds is 7. The molecule has 0 bridgehead atoms. The Bertz CT molecular complexity index is 515. The van der Waals surface area contributed by atoms with Crippen molar-refractivity contribution in [3.05, 3.63) is 29.8 Å². The van der Waals surface area contributed by atoms with Crippen LogP contribution in [0.1, 0.15) is 52.0 Å². The van der Waals surface area contributed by atoms with Crippen molar-refractivity contribution < 1.29 is 9.53 Å². The number of hydrogen-bond donors (Lipinski definition) is 1. The SMILES string of the molecule is CCOc1ccc(CN(C)C(C)C(=O)NC2CCCCC2C)cc1. The van der Waals surface area contributed by atoms with Crippen LogP contribution >= 0.6 is 0 Å². The van der Waals surface area contributed by atoms with E-state index in [0.29, 0.717) is 18.6 Å². The largest absolute Gasteiger partial charge is 0.494 e. The molecule has 1 N–H and O–H groups in total. The molecule has 0 heterocycles. The summed E-state index contributed by atoms with van der Waals surface area (Å²) in [7, 11) is 2.00. The van der Waals surface area contributed by atoms with E-state index < -0.39 is 0 Å². The summed E-state index contributed by atoms with van der Waals surface area (Å²) in [5.41, 5.74) is 1.19. The minimum Gasteiger partial charge on any atom is -0.494 e. The second-order valence-electron chi connectivity index (χ2n) is 7.04. The quantitative estimate of drug-likeness (QED) is 0.829. The average molecular weight is 332 g/mol. The van der Waals surface area contributed by atoms with E-state index in [9.17, 15) is 4.79 Å². The maximum atomic E-state index is 12.6. The highest BCUT2D eigenvalue weighted by Crippen LogP contribution is 2.24. The van der Waals surface area contributed by atoms with Crippen molar-refractivity contribution in [1.82, 2.24) is 10.2 Å². The molecule has 0 aromatic heterocycles. The van der Waals surface area contributed by atoms with Crippen LogP contribution in [0.5, 0.6) is 5.75 Å². The molecule has 1 amide bonds. The van der Waals surface area contributed by atoms with Crippen molar-refractivity contribution in [3.8, 4) is 5.75 Å². The number of carbonyl (C=O) groups is 1. The van der Waals surface area contributed by atoms with Gasteiger partial charge in [0.2, 0.25) is 5.91 Å². The van der Waals surface area contributed by atoms with Gasteiger partial charge in [-0.2, -0.15) is 0 Å². The number of nitrogens with one attached hydrogen (secondary N) is 1. The molecule has 4 nitrogen and oxygen atoms in total. The molecule has 134 valence electrons. The van der Waals surface area contributed by atoms with Crippen LogP contribution < -0.4 is 10.1 Å². The highest BCUT2D eigenvalue weighted by molar-refractivity contribution is 5.81. The Hall–Kier alpha value is -1.55. The third-order valence-electron chi connectivity index (χ3n) is 5.15. The standard InChI is InChI=1S/C20H32N2O2/c1-5-24-18-12-10-17(11-13-18)14-22(4)16(3)20(23)21-19-9-7-6-8-15(19)2/h10-13,15-16,19H,5-9,14H2,1-4H3,(H,21,23). The van der Waals surface area contributed by atoms with Gasteiger partial charge in [0.05, 0.1) is 12.6 Å². The van der Waals surface area contributed by atoms with Crippen molar-refractivity contribution in [2.75, 3.05) is 13.7 Å². The number of amides is 1. The molecule has 1 fully saturated rings. The van der Waals surface area contributed by atoms with E-state index in [0.717, 1.165) is 18.7 Å². The second-order valence-corrected chi connectivity index (χ2v) is 7.04. The van der Waals surface area contributed by atoms with E-state index in [-0.39, 0.29) is 11.9 Å². The van der Waals surface area contributed by atoms with Gasteiger partial charge in [-0.3, -0.25) is 9.69 Å². The minimum absolute atomic E-state index is 0.134. The summed E-state index contributed by atoms with van der Waals surface area (Å²) < 4.78 is 5.47. The van der Waals surface area contributed by atoms with Gasteiger partial charge in [-0.1, -0.05) is 31.9 Å². The summed E-state index contributed by atoms with van der Waals surface area (Å²) in [4.78, 5) is 14.7. The Labute approximate surface area is 146 Å². The van der Waals surface area contributed by atoms with E-state index in [1.165, 1.54) is 24.8 Å². The molecule has 0 saturated heterocycles. The molecule has 2 rings (SSSR count). The predicted octanol–water partition coefficient (Wildman–Crippen LogP) is 3.60. The Morgan fingerprint density at radius 2 is 1.96 bits per heavy atom. The molecule has 3 atom stereocenters. The summed E-state index contributed by atoms with van der Waals surface area (Å²) in [6.07, 6.45) is 4.86. The van der Waals surface area contributed by atoms with Crippen LogP contribution in [0.15, 0.2) is 24.3 Å². The topological polar surface area (TPSA) is 41.6 Å². The molecule has 4 heteroatoms. The fraction of sp³-hybridized carbons (Fsp3) is 0.650. The number of ether oxygens (including phenoxy) is 1. The van der Waals surface area contributed by atoms with Crippen LogP contribution in [-0.4, -0.2) is 36.5 Å². The molecule has 0 spiro atoms. The zero-order valence-electron chi connectivity index (χ0n) is 15.5. The molecule has 1 aliphatic carbocycles. The fourth-order valence-electron chi connectivity index (χ4n) is 3.32. The maximum Gasteiger partial charge on any atom is 0.237 e. The Morgan fingerprint density at radius 1 is 1.29 bits per heavy atom. The van der Waals surface area contributed by atoms with Gasteiger partial charge in [0.25, 0.3) is 0 Å². The smallest absolute Gasteiger partial charge is 0.237 e. The monoisotopic (exact) mass is 332 g/mol. The lowest BCUT2D eigenvalue weighted by Crippen LogP contribution is -2.49. The molecular weight excluding hydrogens is 300 g/mol. The molecular formula is C20H32N2O2. The first-order valence-electron chi connectivity index (χ1n) is 9.23. The van der Waals surface area contributed by atoms with Gasteiger partial charge in [0, 0.05) is 12.6 Å². The van der Waals surface area contributed by atoms with E-state index >= 15 is 0 Å². The number of benzene rings is 1. The first-order chi connectivity index (χ1) is 11.5. The van der Waals surface area contributed by atoms with Crippen LogP contribution in [0.4, 0.5) is 0 Å². The van der Waals surface area contributed by atoms with Gasteiger partial charge >= 0.3 is 0 Å². The Kier molecular flexibility index (Phi) is 7.10. The van der Waals surface area contributed by atoms with E-state index in [1.54, 1.807) is 0 Å². The van der Waals surface area contributed by atoms with Crippen molar-refractivity contribution in [2.24, 2.45) is 5.92 Å². The Balaban J connectivity index is 1.86. The molecule has 24 heavy (non-hydrogen) atoms. The lowest BCUT2D eigenvalue weighted by molar-refractivity contribution is -0.126. The summed E-state index contributed by atoms with van der Waals surface area (Å²) in [5.74, 6) is 1.62. The van der Waals surface area contributed by atoms with Crippen molar-refractivity contribution in [3.63, 3.8) is 0 Å². The van der Waals surface area contributed by atoms with Gasteiger partial charge in [-0.25, -0.2) is 0 Å². The summed E-state index contributed by atoms with van der Waals surface area (Å²) in [6, 6.07) is 8.31. The first-order valence-corrected chi connectivity index (χ1v) is 9.23. The van der Waals surface area contributed by atoms with Crippen molar-refractivity contribution >= 4 is 5.91 Å². The van der Waals surface area contributed by atoms with Gasteiger partial charge in [-0.05, 0) is 57.4 Å². The predicted molar refractivity (Wildman–Crippen MR) is 98.1 cm³/mol. The molecule has 1 aromatic rings. The molecule has 1 saturated carbocycles. The Morgan fingerprint density at radius 3 is 2.58 bits per heavy atom. The van der Waals surface area contributed by atoms with E-state index in [4.69, 9.17) is 4.74 Å². The average Bonchev–Trinajstić information content (AvgIpc) is 2.58. The van der Waals surface area contributed by atoms with Gasteiger partial charge in [0.1, 0.15) is 5.75 Å².